The average Bonchev–Trinajstić information content (AvgIpc) is 2.66. The van der Waals surface area contributed by atoms with E-state index in [4.69, 9.17) is 28.8 Å². The minimum Gasteiger partial charge on any atom is -0.384 e. The van der Waals surface area contributed by atoms with Crippen molar-refractivity contribution in [2.75, 3.05) is 0 Å². The molecule has 0 spiro atoms. The summed E-state index contributed by atoms with van der Waals surface area (Å²) >= 11 is 6.01. The van der Waals surface area contributed by atoms with Crippen molar-refractivity contribution in [1.82, 2.24) is 0 Å². The number of benzene rings is 1. The molecule has 1 heterocycles. The summed E-state index contributed by atoms with van der Waals surface area (Å²) in [7, 11) is 0. The maximum Gasteiger partial charge on any atom is 0.172 e. The third-order valence-corrected chi connectivity index (χ3v) is 4.00. The van der Waals surface area contributed by atoms with Gasteiger partial charge in [0.05, 0.1) is 5.69 Å². The zero-order valence-corrected chi connectivity index (χ0v) is 11.4. The Hall–Kier alpha value is -1.66. The lowest BCUT2D eigenvalue weighted by atomic mass is 9.78. The zero-order chi connectivity index (χ0) is 14.5. The van der Waals surface area contributed by atoms with E-state index in [9.17, 15) is 5.11 Å². The molecule has 7 N–H and O–H groups in total. The Bertz CT molecular complexity index is 667. The van der Waals surface area contributed by atoms with Gasteiger partial charge in [0.15, 0.2) is 5.60 Å². The first kappa shape index (κ1) is 13.3. The summed E-state index contributed by atoms with van der Waals surface area (Å²) in [5, 5.41) is 11.6. The number of halogens is 1. The van der Waals surface area contributed by atoms with E-state index in [2.05, 4.69) is 4.99 Å². The molecule has 1 aliphatic carbocycles. The van der Waals surface area contributed by atoms with Gasteiger partial charge in [0.1, 0.15) is 5.84 Å². The van der Waals surface area contributed by atoms with Crippen LogP contribution < -0.4 is 17.2 Å². The Kier molecular flexibility index (Phi) is 2.95. The fraction of sp³-hybridized carbons (Fsp3) is 0.214. The summed E-state index contributed by atoms with van der Waals surface area (Å²) < 4.78 is 0. The lowest BCUT2D eigenvalue weighted by Gasteiger charge is -2.34. The fourth-order valence-corrected chi connectivity index (χ4v) is 2.81. The van der Waals surface area contributed by atoms with Crippen LogP contribution >= 0.6 is 11.6 Å². The maximum atomic E-state index is 11.1. The second-order valence-corrected chi connectivity index (χ2v) is 5.42. The molecule has 1 aliphatic heterocycles. The van der Waals surface area contributed by atoms with Gasteiger partial charge in [-0.15, -0.1) is 0 Å². The number of aliphatic hydroxyl groups is 1. The molecule has 0 amide bonds. The van der Waals surface area contributed by atoms with Gasteiger partial charge >= 0.3 is 0 Å². The van der Waals surface area contributed by atoms with E-state index in [1.54, 1.807) is 36.4 Å². The number of fused-ring (bicyclic) bond motifs is 1. The van der Waals surface area contributed by atoms with E-state index < -0.39 is 11.6 Å². The number of rotatable bonds is 1. The highest BCUT2D eigenvalue weighted by Gasteiger charge is 2.46. The highest BCUT2D eigenvalue weighted by molar-refractivity contribution is 6.30. The molecular formula is C14H15ClN4O. The van der Waals surface area contributed by atoms with Gasteiger partial charge in [0.2, 0.25) is 0 Å². The van der Waals surface area contributed by atoms with E-state index in [0.29, 0.717) is 21.8 Å². The predicted octanol–water partition coefficient (Wildman–Crippen LogP) is 0.681. The Morgan fingerprint density at radius 3 is 2.80 bits per heavy atom. The van der Waals surface area contributed by atoms with E-state index >= 15 is 0 Å². The van der Waals surface area contributed by atoms with Crippen LogP contribution in [-0.4, -0.2) is 23.0 Å². The van der Waals surface area contributed by atoms with Crippen molar-refractivity contribution in [3.05, 3.63) is 52.6 Å². The second kappa shape index (κ2) is 4.43. The number of hydrogen-bond donors (Lipinski definition) is 4. The summed E-state index contributed by atoms with van der Waals surface area (Å²) in [6.45, 7) is 0. The largest absolute Gasteiger partial charge is 0.384 e. The second-order valence-electron chi connectivity index (χ2n) is 4.98. The summed E-state index contributed by atoms with van der Waals surface area (Å²) in [5.41, 5.74) is 18.1. The van der Waals surface area contributed by atoms with Crippen LogP contribution in [0.1, 0.15) is 5.56 Å². The highest BCUT2D eigenvalue weighted by Crippen LogP contribution is 2.44. The van der Waals surface area contributed by atoms with Gasteiger partial charge in [-0.25, -0.2) is 4.99 Å². The molecule has 0 aromatic heterocycles. The van der Waals surface area contributed by atoms with Crippen molar-refractivity contribution >= 4 is 23.1 Å². The topological polar surface area (TPSA) is 111 Å². The van der Waals surface area contributed by atoms with Gasteiger partial charge in [-0.2, -0.15) is 0 Å². The van der Waals surface area contributed by atoms with Crippen LogP contribution in [0, 0.1) is 0 Å². The van der Waals surface area contributed by atoms with Crippen LogP contribution in [-0.2, 0) is 5.60 Å². The highest BCUT2D eigenvalue weighted by atomic mass is 35.5. The Morgan fingerprint density at radius 2 is 2.05 bits per heavy atom. The van der Waals surface area contributed by atoms with E-state index in [1.165, 1.54) is 0 Å². The number of aliphatic imine (C=N–C) groups is 1. The van der Waals surface area contributed by atoms with Crippen molar-refractivity contribution in [3.63, 3.8) is 0 Å². The molecule has 3 rings (SSSR count). The summed E-state index contributed by atoms with van der Waals surface area (Å²) in [6.07, 6.45) is 5.27. The molecule has 0 fully saturated rings. The molecule has 0 saturated carbocycles. The van der Waals surface area contributed by atoms with Gasteiger partial charge < -0.3 is 22.3 Å². The molecule has 104 valence electrons. The molecule has 1 aromatic carbocycles. The molecule has 6 heteroatoms. The SMILES string of the molecule is NC1=Nc2ccc(Cl)cc2C1(O)C1=CC=CC(N)C1N. The van der Waals surface area contributed by atoms with Crippen LogP contribution in [0.5, 0.6) is 0 Å². The number of allylic oxidation sites excluding steroid dienone is 2. The van der Waals surface area contributed by atoms with Crippen LogP contribution in [0.4, 0.5) is 5.69 Å². The molecule has 0 bridgehead atoms. The predicted molar refractivity (Wildman–Crippen MR) is 79.8 cm³/mol. The van der Waals surface area contributed by atoms with E-state index in [1.807, 2.05) is 0 Å². The lowest BCUT2D eigenvalue weighted by molar-refractivity contribution is 0.145. The molecular weight excluding hydrogens is 276 g/mol. The maximum absolute atomic E-state index is 11.1. The van der Waals surface area contributed by atoms with Crippen molar-refractivity contribution in [2.24, 2.45) is 22.2 Å². The van der Waals surface area contributed by atoms with Crippen molar-refractivity contribution < 1.29 is 5.11 Å². The average molecular weight is 291 g/mol. The lowest BCUT2D eigenvalue weighted by Crippen LogP contribution is -2.52. The number of nitrogens with zero attached hydrogens (tertiary/aromatic N) is 1. The summed E-state index contributed by atoms with van der Waals surface area (Å²) in [4.78, 5) is 4.21. The Labute approximate surface area is 121 Å². The third kappa shape index (κ3) is 1.72. The van der Waals surface area contributed by atoms with Gasteiger partial charge in [-0.1, -0.05) is 29.8 Å². The Balaban J connectivity index is 2.19. The quantitative estimate of drug-likeness (QED) is 0.609. The summed E-state index contributed by atoms with van der Waals surface area (Å²) in [5.74, 6) is 0.0824. The Morgan fingerprint density at radius 1 is 1.30 bits per heavy atom. The molecule has 3 unspecified atom stereocenters. The van der Waals surface area contributed by atoms with Gasteiger partial charge in [-0.3, -0.25) is 0 Å². The van der Waals surface area contributed by atoms with Gasteiger partial charge in [-0.05, 0) is 23.8 Å². The third-order valence-electron chi connectivity index (χ3n) is 3.76. The van der Waals surface area contributed by atoms with Gasteiger partial charge in [0, 0.05) is 22.7 Å². The van der Waals surface area contributed by atoms with Crippen LogP contribution in [0.2, 0.25) is 5.02 Å². The molecule has 0 saturated heterocycles. The number of amidine groups is 1. The van der Waals surface area contributed by atoms with Crippen molar-refractivity contribution in [1.29, 1.82) is 0 Å². The standard InChI is InChI=1S/C14H15ClN4O/c15-7-4-5-11-9(6-7)14(20,13(18)19-11)8-2-1-3-10(16)12(8)17/h1-6,10,12,20H,16-17H2,(H2,18,19). The van der Waals surface area contributed by atoms with E-state index in [-0.39, 0.29) is 11.9 Å². The molecule has 1 aromatic rings. The number of hydrogen-bond acceptors (Lipinski definition) is 5. The van der Waals surface area contributed by atoms with E-state index in [0.717, 1.165) is 0 Å². The smallest absolute Gasteiger partial charge is 0.172 e. The first-order valence-corrected chi connectivity index (χ1v) is 6.59. The summed E-state index contributed by atoms with van der Waals surface area (Å²) in [6, 6.07) is 4.15. The van der Waals surface area contributed by atoms with Crippen molar-refractivity contribution in [2.45, 2.75) is 17.7 Å². The molecule has 3 atom stereocenters. The fourth-order valence-electron chi connectivity index (χ4n) is 2.64. The molecule has 20 heavy (non-hydrogen) atoms. The first-order valence-electron chi connectivity index (χ1n) is 6.21. The zero-order valence-electron chi connectivity index (χ0n) is 10.6. The van der Waals surface area contributed by atoms with Crippen LogP contribution in [0.3, 0.4) is 0 Å². The minimum absolute atomic E-state index is 0.0824. The molecule has 5 nitrogen and oxygen atoms in total. The normalized spacial score (nSPS) is 31.8. The van der Waals surface area contributed by atoms with Crippen LogP contribution in [0.15, 0.2) is 47.0 Å². The molecule has 0 radical (unpaired) electrons. The minimum atomic E-state index is -1.55. The first-order chi connectivity index (χ1) is 9.44. The molecule has 2 aliphatic rings. The number of nitrogens with two attached hydrogens (primary N) is 3. The van der Waals surface area contributed by atoms with Crippen molar-refractivity contribution in [3.8, 4) is 0 Å². The van der Waals surface area contributed by atoms with Gasteiger partial charge in [0.25, 0.3) is 0 Å². The monoisotopic (exact) mass is 290 g/mol. The van der Waals surface area contributed by atoms with Crippen LogP contribution in [0.25, 0.3) is 0 Å².